The second kappa shape index (κ2) is 8.11. The van der Waals surface area contributed by atoms with E-state index in [-0.39, 0.29) is 0 Å². The molecule has 15 heavy (non-hydrogen) atoms. The lowest BCUT2D eigenvalue weighted by atomic mass is 10.9. The molecule has 0 aromatic carbocycles. The molecule has 0 radical (unpaired) electrons. The van der Waals surface area contributed by atoms with Crippen molar-refractivity contribution in [3.8, 4) is 0 Å². The highest BCUT2D eigenvalue weighted by Crippen LogP contribution is 2.15. The molecule has 0 saturated heterocycles. The van der Waals surface area contributed by atoms with Crippen LogP contribution in [0.25, 0.3) is 0 Å². The maximum absolute atomic E-state index is 11.2. The highest BCUT2D eigenvalue weighted by Gasteiger charge is 2.49. The van der Waals surface area contributed by atoms with Gasteiger partial charge in [0.15, 0.2) is 0 Å². The Bertz CT molecular complexity index is 173. The molecule has 0 bridgehead atoms. The van der Waals surface area contributed by atoms with Gasteiger partial charge in [0.05, 0.1) is 0 Å². The first-order valence-electron chi connectivity index (χ1n) is 4.82. The quantitative estimate of drug-likeness (QED) is 0.648. The zero-order chi connectivity index (χ0) is 11.7. The summed E-state index contributed by atoms with van der Waals surface area (Å²) in [5, 5.41) is -0.447. The molecule has 0 aliphatic heterocycles. The second-order valence-electron chi connectivity index (χ2n) is 2.36. The predicted molar refractivity (Wildman–Crippen MR) is 60.6 cm³/mol. The van der Waals surface area contributed by atoms with Gasteiger partial charge in [0.1, 0.15) is 0 Å². The Labute approximate surface area is 95.9 Å². The van der Waals surface area contributed by atoms with Crippen LogP contribution in [0.3, 0.4) is 0 Å². The minimum Gasteiger partial charge on any atom is -0.443 e. The van der Waals surface area contributed by atoms with E-state index in [4.69, 9.17) is 17.7 Å². The average Bonchev–Trinajstić information content (AvgIpc) is 2.18. The van der Waals surface area contributed by atoms with Gasteiger partial charge >= 0.3 is 14.3 Å². The minimum atomic E-state index is -3.25. The van der Waals surface area contributed by atoms with Crippen LogP contribution in [0.5, 0.6) is 0 Å². The predicted octanol–water partition coefficient (Wildman–Crippen LogP) is 2.03. The molecule has 0 heterocycles. The number of carbonyl (C=O) groups is 1. The SMILES string of the molecule is CCO[Si](OCC)(OCC)OC(=O)SC. The van der Waals surface area contributed by atoms with Crippen LogP contribution in [0.15, 0.2) is 0 Å². The van der Waals surface area contributed by atoms with E-state index in [0.29, 0.717) is 19.8 Å². The van der Waals surface area contributed by atoms with Crippen molar-refractivity contribution in [1.29, 1.82) is 0 Å². The molecular formula is C8H18O5SSi. The molecule has 0 rings (SSSR count). The summed E-state index contributed by atoms with van der Waals surface area (Å²) in [4.78, 5) is 11.2. The van der Waals surface area contributed by atoms with Crippen LogP contribution in [-0.4, -0.2) is 40.4 Å². The van der Waals surface area contributed by atoms with Crippen molar-refractivity contribution in [3.63, 3.8) is 0 Å². The Morgan fingerprint density at radius 3 is 1.73 bits per heavy atom. The van der Waals surface area contributed by atoms with Crippen molar-refractivity contribution >= 4 is 26.1 Å². The summed E-state index contributed by atoms with van der Waals surface area (Å²) in [5.41, 5.74) is 0. The lowest BCUT2D eigenvalue weighted by molar-refractivity contribution is -0.000699. The van der Waals surface area contributed by atoms with Crippen LogP contribution in [0.1, 0.15) is 20.8 Å². The van der Waals surface area contributed by atoms with Crippen molar-refractivity contribution in [3.05, 3.63) is 0 Å². The van der Waals surface area contributed by atoms with Gasteiger partial charge in [-0.05, 0) is 38.8 Å². The van der Waals surface area contributed by atoms with Crippen molar-refractivity contribution in [1.82, 2.24) is 0 Å². The van der Waals surface area contributed by atoms with E-state index in [1.54, 1.807) is 27.0 Å². The standard InChI is InChI=1S/C8H18O5SSi/c1-5-10-15(11-6-2,12-7-3)13-8(9)14-4/h5-7H2,1-4H3. The first kappa shape index (κ1) is 14.9. The van der Waals surface area contributed by atoms with E-state index in [2.05, 4.69) is 0 Å². The average molecular weight is 254 g/mol. The van der Waals surface area contributed by atoms with Gasteiger partial charge in [-0.15, -0.1) is 0 Å². The molecule has 0 unspecified atom stereocenters. The van der Waals surface area contributed by atoms with Crippen LogP contribution in [0.2, 0.25) is 0 Å². The Balaban J connectivity index is 4.51. The number of rotatable bonds is 7. The van der Waals surface area contributed by atoms with E-state index in [9.17, 15) is 4.79 Å². The van der Waals surface area contributed by atoms with Crippen LogP contribution in [-0.2, 0) is 17.7 Å². The Morgan fingerprint density at radius 2 is 1.47 bits per heavy atom. The van der Waals surface area contributed by atoms with Crippen LogP contribution >= 0.6 is 11.8 Å². The lowest BCUT2D eigenvalue weighted by Crippen LogP contribution is -2.50. The molecular weight excluding hydrogens is 236 g/mol. The molecule has 0 atom stereocenters. The third-order valence-electron chi connectivity index (χ3n) is 1.34. The molecule has 0 N–H and O–H groups in total. The molecule has 0 amide bonds. The first-order chi connectivity index (χ1) is 7.14. The van der Waals surface area contributed by atoms with E-state index < -0.39 is 14.3 Å². The third kappa shape index (κ3) is 5.52. The number of hydrogen-bond donors (Lipinski definition) is 0. The molecule has 90 valence electrons. The summed E-state index contributed by atoms with van der Waals surface area (Å²) in [5.74, 6) is 0. The van der Waals surface area contributed by atoms with Gasteiger partial charge in [-0.3, -0.25) is 0 Å². The van der Waals surface area contributed by atoms with Gasteiger partial charge in [0.25, 0.3) is 0 Å². The van der Waals surface area contributed by atoms with Gasteiger partial charge in [-0.1, -0.05) is 0 Å². The summed E-state index contributed by atoms with van der Waals surface area (Å²) in [6.45, 7) is 6.54. The summed E-state index contributed by atoms with van der Waals surface area (Å²) in [6.07, 6.45) is 1.63. The zero-order valence-corrected chi connectivity index (χ0v) is 11.4. The molecule has 5 nitrogen and oxygen atoms in total. The van der Waals surface area contributed by atoms with Crippen molar-refractivity contribution in [2.45, 2.75) is 20.8 Å². The Kier molecular flexibility index (Phi) is 8.07. The third-order valence-corrected chi connectivity index (χ3v) is 4.27. The van der Waals surface area contributed by atoms with E-state index >= 15 is 0 Å². The first-order valence-corrected chi connectivity index (χ1v) is 7.68. The van der Waals surface area contributed by atoms with Gasteiger partial charge in [-0.2, -0.15) is 0 Å². The smallest absolute Gasteiger partial charge is 0.443 e. The zero-order valence-electron chi connectivity index (χ0n) is 9.57. The molecule has 7 heteroatoms. The van der Waals surface area contributed by atoms with E-state index in [0.717, 1.165) is 11.8 Å². The number of carbonyl (C=O) groups excluding carboxylic acids is 1. The van der Waals surface area contributed by atoms with E-state index in [1.165, 1.54) is 0 Å². The molecule has 0 aromatic rings. The van der Waals surface area contributed by atoms with Crippen LogP contribution in [0.4, 0.5) is 4.79 Å². The Hall–Kier alpha value is -0.0831. The highest BCUT2D eigenvalue weighted by atomic mass is 32.2. The molecule has 0 fully saturated rings. The number of hydrogen-bond acceptors (Lipinski definition) is 6. The molecule has 0 aliphatic carbocycles. The summed E-state index contributed by atoms with van der Waals surface area (Å²) in [6, 6.07) is 0. The molecule has 0 saturated carbocycles. The van der Waals surface area contributed by atoms with Crippen LogP contribution in [0, 0.1) is 0 Å². The minimum absolute atomic E-state index is 0.383. The topological polar surface area (TPSA) is 54.0 Å². The van der Waals surface area contributed by atoms with Crippen molar-refractivity contribution < 1.29 is 22.5 Å². The Morgan fingerprint density at radius 1 is 1.07 bits per heavy atom. The summed E-state index contributed by atoms with van der Waals surface area (Å²) < 4.78 is 21.1. The maximum atomic E-state index is 11.2. The molecule has 0 aromatic heterocycles. The fraction of sp³-hybridized carbons (Fsp3) is 0.875. The van der Waals surface area contributed by atoms with Gasteiger partial charge < -0.3 is 17.7 Å². The lowest BCUT2D eigenvalue weighted by Gasteiger charge is -2.25. The number of thioether (sulfide) groups is 1. The monoisotopic (exact) mass is 254 g/mol. The van der Waals surface area contributed by atoms with Gasteiger partial charge in [0.2, 0.25) is 0 Å². The van der Waals surface area contributed by atoms with E-state index in [1.807, 2.05) is 0 Å². The highest BCUT2D eigenvalue weighted by molar-refractivity contribution is 8.12. The molecule has 0 aliphatic rings. The fourth-order valence-corrected chi connectivity index (χ4v) is 3.22. The second-order valence-corrected chi connectivity index (χ2v) is 5.17. The summed E-state index contributed by atoms with van der Waals surface area (Å²) >= 11 is 0.963. The summed E-state index contributed by atoms with van der Waals surface area (Å²) in [7, 11) is -3.25. The van der Waals surface area contributed by atoms with Crippen molar-refractivity contribution in [2.24, 2.45) is 0 Å². The van der Waals surface area contributed by atoms with Crippen LogP contribution < -0.4 is 0 Å². The van der Waals surface area contributed by atoms with Crippen molar-refractivity contribution in [2.75, 3.05) is 26.1 Å². The maximum Gasteiger partial charge on any atom is 0.752 e. The molecule has 0 spiro atoms. The van der Waals surface area contributed by atoms with Gasteiger partial charge in [-0.25, -0.2) is 4.79 Å². The largest absolute Gasteiger partial charge is 0.752 e. The fourth-order valence-electron chi connectivity index (χ4n) is 0.887. The van der Waals surface area contributed by atoms with Gasteiger partial charge in [0, 0.05) is 19.8 Å². The normalized spacial score (nSPS) is 11.5.